The highest BCUT2D eigenvalue weighted by atomic mass is 32.2. The van der Waals surface area contributed by atoms with Crippen molar-refractivity contribution < 1.29 is 14.9 Å². The molecule has 3 aromatic rings. The van der Waals surface area contributed by atoms with Gasteiger partial charge >= 0.3 is 0 Å². The van der Waals surface area contributed by atoms with Crippen molar-refractivity contribution in [1.29, 1.82) is 0 Å². The van der Waals surface area contributed by atoms with Crippen molar-refractivity contribution >= 4 is 22.7 Å². The third kappa shape index (κ3) is 6.23. The van der Waals surface area contributed by atoms with E-state index in [0.717, 1.165) is 60.4 Å². The van der Waals surface area contributed by atoms with Crippen molar-refractivity contribution in [3.8, 4) is 5.75 Å². The molecular formula is C26H33N3O3S. The second-order valence-corrected chi connectivity index (χ2v) is 9.87. The Balaban J connectivity index is 1.30. The van der Waals surface area contributed by atoms with E-state index < -0.39 is 6.10 Å². The lowest BCUT2D eigenvalue weighted by Crippen LogP contribution is -2.43. The number of nitrogens with zero attached hydrogens (tertiary/aromatic N) is 3. The van der Waals surface area contributed by atoms with E-state index in [4.69, 9.17) is 4.74 Å². The second-order valence-electron chi connectivity index (χ2n) is 8.71. The van der Waals surface area contributed by atoms with Crippen LogP contribution < -0.4 is 4.74 Å². The van der Waals surface area contributed by atoms with E-state index in [9.17, 15) is 10.2 Å². The van der Waals surface area contributed by atoms with Crippen LogP contribution >= 0.6 is 11.8 Å². The Morgan fingerprint density at radius 3 is 2.91 bits per heavy atom. The molecule has 3 heterocycles. The quantitative estimate of drug-likeness (QED) is 0.433. The van der Waals surface area contributed by atoms with Gasteiger partial charge in [-0.15, -0.1) is 11.8 Å². The monoisotopic (exact) mass is 467 g/mol. The summed E-state index contributed by atoms with van der Waals surface area (Å²) >= 11 is 1.83. The highest BCUT2D eigenvalue weighted by Crippen LogP contribution is 2.33. The average molecular weight is 468 g/mol. The van der Waals surface area contributed by atoms with Crippen molar-refractivity contribution in [2.24, 2.45) is 11.8 Å². The van der Waals surface area contributed by atoms with Gasteiger partial charge in [0.25, 0.3) is 0 Å². The van der Waals surface area contributed by atoms with Crippen molar-refractivity contribution in [2.45, 2.75) is 30.3 Å². The zero-order valence-electron chi connectivity index (χ0n) is 19.1. The fraction of sp³-hybridized carbons (Fsp3) is 0.462. The number of fused-ring (bicyclic) bond motifs is 1. The Bertz CT molecular complexity index is 1020. The molecule has 1 saturated heterocycles. The number of methoxy groups -OCH3 is 1. The number of ether oxygens (including phenoxy) is 1. The molecule has 0 aliphatic carbocycles. The van der Waals surface area contributed by atoms with E-state index in [1.165, 1.54) is 4.90 Å². The molecule has 1 aliphatic heterocycles. The number of thioether (sulfide) groups is 1. The smallest absolute Gasteiger partial charge is 0.119 e. The van der Waals surface area contributed by atoms with Crippen LogP contribution in [0.15, 0.2) is 59.9 Å². The molecule has 0 bridgehead atoms. The number of benzene rings is 1. The van der Waals surface area contributed by atoms with Crippen molar-refractivity contribution in [3.63, 3.8) is 0 Å². The van der Waals surface area contributed by atoms with Gasteiger partial charge in [0.15, 0.2) is 0 Å². The molecule has 176 valence electrons. The Kier molecular flexibility index (Phi) is 8.56. The van der Waals surface area contributed by atoms with Gasteiger partial charge in [-0.2, -0.15) is 0 Å². The summed E-state index contributed by atoms with van der Waals surface area (Å²) in [5, 5.41) is 22.0. The van der Waals surface area contributed by atoms with E-state index >= 15 is 0 Å². The van der Waals surface area contributed by atoms with Gasteiger partial charge in [0.1, 0.15) is 5.75 Å². The molecule has 0 spiro atoms. The van der Waals surface area contributed by atoms with Gasteiger partial charge in [0.05, 0.1) is 18.7 Å². The third-order valence-electron chi connectivity index (χ3n) is 6.67. The molecule has 0 amide bonds. The van der Waals surface area contributed by atoms with E-state index in [0.29, 0.717) is 12.3 Å². The number of aliphatic hydroxyl groups is 2. The molecule has 1 aliphatic rings. The maximum Gasteiger partial charge on any atom is 0.119 e. The highest BCUT2D eigenvalue weighted by molar-refractivity contribution is 7.99. The molecule has 4 rings (SSSR count). The fourth-order valence-corrected chi connectivity index (χ4v) is 5.66. The highest BCUT2D eigenvalue weighted by Gasteiger charge is 2.29. The van der Waals surface area contributed by atoms with Crippen molar-refractivity contribution in [1.82, 2.24) is 14.9 Å². The minimum Gasteiger partial charge on any atom is -0.497 e. The maximum atomic E-state index is 11.0. The summed E-state index contributed by atoms with van der Waals surface area (Å²) in [6, 6.07) is 11.7. The Hall–Kier alpha value is -2.19. The lowest BCUT2D eigenvalue weighted by atomic mass is 9.81. The first kappa shape index (κ1) is 24.0. The molecule has 0 saturated carbocycles. The van der Waals surface area contributed by atoms with Gasteiger partial charge < -0.3 is 19.8 Å². The molecule has 0 radical (unpaired) electrons. The van der Waals surface area contributed by atoms with Crippen LogP contribution in [0.2, 0.25) is 0 Å². The third-order valence-corrected chi connectivity index (χ3v) is 7.63. The number of aromatic nitrogens is 2. The molecule has 1 fully saturated rings. The molecule has 2 N–H and O–H groups in total. The van der Waals surface area contributed by atoms with Gasteiger partial charge in [-0.05, 0) is 79.6 Å². The summed E-state index contributed by atoms with van der Waals surface area (Å²) in [7, 11) is 1.65. The summed E-state index contributed by atoms with van der Waals surface area (Å²) in [6.45, 7) is 3.17. The van der Waals surface area contributed by atoms with E-state index in [1.807, 2.05) is 48.3 Å². The SMILES string of the molecule is COc1ccc2nccc(C(O)CC[C@@H]3CCN(CCSc4cccnc4)C[C@@H]3CO)c2c1. The van der Waals surface area contributed by atoms with E-state index in [-0.39, 0.29) is 12.5 Å². The lowest BCUT2D eigenvalue weighted by molar-refractivity contribution is 0.0608. The van der Waals surface area contributed by atoms with Gasteiger partial charge in [0, 0.05) is 54.3 Å². The minimum absolute atomic E-state index is 0.197. The average Bonchev–Trinajstić information content (AvgIpc) is 2.87. The number of pyridine rings is 2. The van der Waals surface area contributed by atoms with Gasteiger partial charge in [-0.1, -0.05) is 0 Å². The number of aliphatic hydroxyl groups excluding tert-OH is 2. The molecular weight excluding hydrogens is 434 g/mol. The first-order valence-electron chi connectivity index (χ1n) is 11.6. The van der Waals surface area contributed by atoms with Crippen LogP contribution in [-0.2, 0) is 0 Å². The van der Waals surface area contributed by atoms with Crippen molar-refractivity contribution in [3.05, 3.63) is 60.6 Å². The molecule has 7 heteroatoms. The summed E-state index contributed by atoms with van der Waals surface area (Å²) in [6.07, 6.45) is 7.53. The van der Waals surface area contributed by atoms with Crippen LogP contribution in [0.3, 0.4) is 0 Å². The summed E-state index contributed by atoms with van der Waals surface area (Å²) < 4.78 is 5.36. The number of likely N-dealkylation sites (tertiary alicyclic amines) is 1. The molecule has 1 unspecified atom stereocenters. The molecule has 33 heavy (non-hydrogen) atoms. The Morgan fingerprint density at radius 1 is 1.21 bits per heavy atom. The van der Waals surface area contributed by atoms with Gasteiger partial charge in [-0.25, -0.2) is 0 Å². The topological polar surface area (TPSA) is 78.7 Å². The minimum atomic E-state index is -0.559. The largest absolute Gasteiger partial charge is 0.497 e. The fourth-order valence-electron chi connectivity index (χ4n) is 4.76. The normalized spacial score (nSPS) is 20.1. The van der Waals surface area contributed by atoms with Gasteiger partial charge in [0.2, 0.25) is 0 Å². The number of hydrogen-bond donors (Lipinski definition) is 2. The summed E-state index contributed by atoms with van der Waals surface area (Å²) in [5.74, 6) is 2.46. The predicted octanol–water partition coefficient (Wildman–Crippen LogP) is 4.17. The molecule has 2 aromatic heterocycles. The second kappa shape index (κ2) is 11.8. The Morgan fingerprint density at radius 2 is 2.12 bits per heavy atom. The van der Waals surface area contributed by atoms with Crippen LogP contribution in [0, 0.1) is 11.8 Å². The van der Waals surface area contributed by atoms with Crippen LogP contribution in [-0.4, -0.2) is 64.2 Å². The van der Waals surface area contributed by atoms with Gasteiger partial charge in [-0.3, -0.25) is 9.97 Å². The number of piperidine rings is 1. The number of rotatable bonds is 10. The van der Waals surface area contributed by atoms with E-state index in [2.05, 4.69) is 20.9 Å². The zero-order chi connectivity index (χ0) is 23.0. The van der Waals surface area contributed by atoms with Crippen LogP contribution in [0.25, 0.3) is 10.9 Å². The van der Waals surface area contributed by atoms with E-state index in [1.54, 1.807) is 19.5 Å². The standard InChI is InChI=1S/C26H33N3O3S/c1-32-21-5-6-25-24(15-21)23(8-11-28-25)26(31)7-4-19-9-12-29(17-20(19)18-30)13-14-33-22-3-2-10-27-16-22/h2-3,5-6,8,10-11,15-16,19-20,26,30-31H,4,7,9,12-14,17-18H2,1H3/t19-,20-,26?/m1/s1. The Labute approximate surface area is 200 Å². The zero-order valence-corrected chi connectivity index (χ0v) is 20.0. The number of hydrogen-bond acceptors (Lipinski definition) is 7. The predicted molar refractivity (Wildman–Crippen MR) is 133 cm³/mol. The first-order valence-corrected chi connectivity index (χ1v) is 12.6. The van der Waals surface area contributed by atoms with Crippen LogP contribution in [0.4, 0.5) is 0 Å². The summed E-state index contributed by atoms with van der Waals surface area (Å²) in [5.41, 5.74) is 1.75. The molecule has 6 nitrogen and oxygen atoms in total. The first-order chi connectivity index (χ1) is 16.2. The molecule has 3 atom stereocenters. The molecule has 1 aromatic carbocycles. The summed E-state index contributed by atoms with van der Waals surface area (Å²) in [4.78, 5) is 12.2. The van der Waals surface area contributed by atoms with Crippen LogP contribution in [0.1, 0.15) is 30.9 Å². The van der Waals surface area contributed by atoms with Crippen LogP contribution in [0.5, 0.6) is 5.75 Å². The van der Waals surface area contributed by atoms with Crippen molar-refractivity contribution in [2.75, 3.05) is 39.1 Å². The lowest BCUT2D eigenvalue weighted by Gasteiger charge is -2.38. The maximum absolute atomic E-state index is 11.0.